The fourth-order valence-corrected chi connectivity index (χ4v) is 2.88. The summed E-state index contributed by atoms with van der Waals surface area (Å²) in [5, 5.41) is 6.40. The predicted octanol–water partition coefficient (Wildman–Crippen LogP) is 3.15. The van der Waals surface area contributed by atoms with Crippen molar-refractivity contribution in [1.29, 1.82) is 0 Å². The number of rotatable bonds is 7. The average molecular weight is 444 g/mol. The maximum absolute atomic E-state index is 12.0. The molecular formula is C25H24N4O4. The van der Waals surface area contributed by atoms with Crippen molar-refractivity contribution in [3.05, 3.63) is 95.1 Å². The van der Waals surface area contributed by atoms with Gasteiger partial charge in [0.15, 0.2) is 0 Å². The number of primary amides is 1. The summed E-state index contributed by atoms with van der Waals surface area (Å²) in [5.41, 5.74) is 11.6. The third-order valence-electron chi connectivity index (χ3n) is 4.89. The number of hydrazone groups is 1. The number of hydrogen-bond acceptors (Lipinski definition) is 5. The first-order valence-corrected chi connectivity index (χ1v) is 10.2. The topological polar surface area (TPSA) is 123 Å². The Morgan fingerprint density at radius 3 is 2.15 bits per heavy atom. The normalized spacial score (nSPS) is 10.9. The van der Waals surface area contributed by atoms with Crippen LogP contribution in [0.15, 0.2) is 77.9 Å². The Balaban J connectivity index is 1.53. The summed E-state index contributed by atoms with van der Waals surface area (Å²) in [7, 11) is 0. The first-order chi connectivity index (χ1) is 15.8. The number of nitrogens with two attached hydrogens (primary N) is 1. The lowest BCUT2D eigenvalue weighted by molar-refractivity contribution is -0.136. The summed E-state index contributed by atoms with van der Waals surface area (Å²) in [6, 6.07) is 21.1. The molecule has 0 saturated heterocycles. The Morgan fingerprint density at radius 2 is 1.52 bits per heavy atom. The van der Waals surface area contributed by atoms with Gasteiger partial charge in [-0.1, -0.05) is 24.3 Å². The van der Waals surface area contributed by atoms with Gasteiger partial charge in [-0.05, 0) is 79.1 Å². The molecule has 3 aromatic rings. The SMILES string of the molecule is C/C(=N\NC(=O)C(=O)Nc1ccc(C(N)=O)cc1)c1ccc(OCc2ccccc2C)cc1. The molecule has 0 unspecified atom stereocenters. The number of carbonyl (C=O) groups excluding carboxylic acids is 3. The highest BCUT2D eigenvalue weighted by atomic mass is 16.5. The van der Waals surface area contributed by atoms with Gasteiger partial charge in [-0.15, -0.1) is 0 Å². The van der Waals surface area contributed by atoms with Crippen molar-refractivity contribution in [3.8, 4) is 5.75 Å². The quantitative estimate of drug-likeness (QED) is 0.294. The molecule has 8 heteroatoms. The van der Waals surface area contributed by atoms with E-state index in [9.17, 15) is 14.4 Å². The van der Waals surface area contributed by atoms with Crippen LogP contribution < -0.4 is 21.2 Å². The van der Waals surface area contributed by atoms with Crippen molar-refractivity contribution >= 4 is 29.1 Å². The summed E-state index contributed by atoms with van der Waals surface area (Å²) >= 11 is 0. The van der Waals surface area contributed by atoms with E-state index in [1.165, 1.54) is 29.8 Å². The van der Waals surface area contributed by atoms with Crippen LogP contribution in [0.25, 0.3) is 0 Å². The van der Waals surface area contributed by atoms with E-state index < -0.39 is 17.7 Å². The lowest BCUT2D eigenvalue weighted by Crippen LogP contribution is -2.33. The highest BCUT2D eigenvalue weighted by Gasteiger charge is 2.13. The number of carbonyl (C=O) groups is 3. The second-order valence-corrected chi connectivity index (χ2v) is 7.27. The Kier molecular flexibility index (Phi) is 7.54. The van der Waals surface area contributed by atoms with E-state index in [-0.39, 0.29) is 0 Å². The van der Waals surface area contributed by atoms with Gasteiger partial charge in [0.05, 0.1) is 5.71 Å². The van der Waals surface area contributed by atoms with E-state index in [2.05, 4.69) is 15.8 Å². The van der Waals surface area contributed by atoms with Gasteiger partial charge in [-0.2, -0.15) is 5.10 Å². The molecule has 168 valence electrons. The van der Waals surface area contributed by atoms with Gasteiger partial charge in [-0.3, -0.25) is 14.4 Å². The fraction of sp³-hybridized carbons (Fsp3) is 0.120. The van der Waals surface area contributed by atoms with Crippen LogP contribution in [0.3, 0.4) is 0 Å². The van der Waals surface area contributed by atoms with Gasteiger partial charge < -0.3 is 15.8 Å². The van der Waals surface area contributed by atoms with E-state index >= 15 is 0 Å². The van der Waals surface area contributed by atoms with Crippen LogP contribution in [0.1, 0.15) is 34.0 Å². The standard InChI is InChI=1S/C25H24N4O4/c1-16-5-3-4-6-20(16)15-33-22-13-9-18(10-14-22)17(2)28-29-25(32)24(31)27-21-11-7-19(8-12-21)23(26)30/h3-14H,15H2,1-2H3,(H2,26,30)(H,27,31)(H,29,32)/b28-17+. The molecule has 3 rings (SSSR count). The maximum Gasteiger partial charge on any atom is 0.329 e. The molecule has 0 aliphatic carbocycles. The molecule has 4 N–H and O–H groups in total. The molecule has 0 aromatic heterocycles. The minimum absolute atomic E-state index is 0.296. The number of ether oxygens (including phenoxy) is 1. The van der Waals surface area contributed by atoms with Gasteiger partial charge in [0, 0.05) is 11.3 Å². The number of anilines is 1. The highest BCUT2D eigenvalue weighted by Crippen LogP contribution is 2.16. The molecule has 0 aliphatic heterocycles. The van der Waals surface area contributed by atoms with E-state index in [0.29, 0.717) is 29.3 Å². The first kappa shape index (κ1) is 23.2. The maximum atomic E-state index is 12.0. The molecule has 0 aliphatic rings. The molecule has 0 spiro atoms. The fourth-order valence-electron chi connectivity index (χ4n) is 2.88. The number of aryl methyl sites for hydroxylation is 1. The smallest absolute Gasteiger partial charge is 0.329 e. The summed E-state index contributed by atoms with van der Waals surface area (Å²) < 4.78 is 5.83. The van der Waals surface area contributed by atoms with Gasteiger partial charge in [0.25, 0.3) is 0 Å². The molecule has 8 nitrogen and oxygen atoms in total. The molecular weight excluding hydrogens is 420 g/mol. The Hall–Kier alpha value is -4.46. The van der Waals surface area contributed by atoms with E-state index in [4.69, 9.17) is 10.5 Å². The molecule has 3 aromatic carbocycles. The second kappa shape index (κ2) is 10.7. The number of amides is 3. The zero-order valence-corrected chi connectivity index (χ0v) is 18.3. The Labute approximate surface area is 191 Å². The van der Waals surface area contributed by atoms with Crippen molar-refractivity contribution in [2.24, 2.45) is 10.8 Å². The second-order valence-electron chi connectivity index (χ2n) is 7.27. The van der Waals surface area contributed by atoms with Gasteiger partial charge in [0.1, 0.15) is 12.4 Å². The third kappa shape index (κ3) is 6.51. The number of hydrogen-bond donors (Lipinski definition) is 3. The van der Waals surface area contributed by atoms with Crippen molar-refractivity contribution in [3.63, 3.8) is 0 Å². The van der Waals surface area contributed by atoms with Crippen molar-refractivity contribution < 1.29 is 19.1 Å². The number of nitrogens with one attached hydrogen (secondary N) is 2. The van der Waals surface area contributed by atoms with Gasteiger partial charge in [0.2, 0.25) is 5.91 Å². The summed E-state index contributed by atoms with van der Waals surface area (Å²) in [6.45, 7) is 4.22. The molecule has 0 atom stereocenters. The van der Waals surface area contributed by atoms with Gasteiger partial charge >= 0.3 is 11.8 Å². The predicted molar refractivity (Wildman–Crippen MR) is 126 cm³/mol. The van der Waals surface area contributed by atoms with Crippen LogP contribution in [0.4, 0.5) is 5.69 Å². The van der Waals surface area contributed by atoms with Crippen molar-refractivity contribution in [1.82, 2.24) is 5.43 Å². The first-order valence-electron chi connectivity index (χ1n) is 10.2. The van der Waals surface area contributed by atoms with Crippen molar-refractivity contribution in [2.45, 2.75) is 20.5 Å². The van der Waals surface area contributed by atoms with Crippen LogP contribution in [0.2, 0.25) is 0 Å². The molecule has 0 saturated carbocycles. The Morgan fingerprint density at radius 1 is 0.879 bits per heavy atom. The minimum atomic E-state index is -0.925. The highest BCUT2D eigenvalue weighted by molar-refractivity contribution is 6.39. The number of nitrogens with zero attached hydrogens (tertiary/aromatic N) is 1. The van der Waals surface area contributed by atoms with E-state index in [0.717, 1.165) is 11.1 Å². The lowest BCUT2D eigenvalue weighted by Gasteiger charge is -2.09. The summed E-state index contributed by atoms with van der Waals surface area (Å²) in [4.78, 5) is 35.2. The average Bonchev–Trinajstić information content (AvgIpc) is 2.82. The zero-order valence-electron chi connectivity index (χ0n) is 18.3. The number of benzene rings is 3. The van der Waals surface area contributed by atoms with Gasteiger partial charge in [-0.25, -0.2) is 5.43 Å². The van der Waals surface area contributed by atoms with Crippen LogP contribution in [0, 0.1) is 6.92 Å². The zero-order chi connectivity index (χ0) is 23.8. The van der Waals surface area contributed by atoms with Crippen LogP contribution >= 0.6 is 0 Å². The molecule has 0 fully saturated rings. The minimum Gasteiger partial charge on any atom is -0.489 e. The Bertz CT molecular complexity index is 1190. The van der Waals surface area contributed by atoms with Crippen LogP contribution in [-0.4, -0.2) is 23.4 Å². The summed E-state index contributed by atoms with van der Waals surface area (Å²) in [5.74, 6) is -1.69. The molecule has 0 heterocycles. The van der Waals surface area contributed by atoms with Crippen molar-refractivity contribution in [2.75, 3.05) is 5.32 Å². The molecule has 3 amide bonds. The molecule has 0 radical (unpaired) electrons. The lowest BCUT2D eigenvalue weighted by atomic mass is 10.1. The monoisotopic (exact) mass is 444 g/mol. The van der Waals surface area contributed by atoms with E-state index in [1.807, 2.05) is 55.5 Å². The molecule has 0 bridgehead atoms. The van der Waals surface area contributed by atoms with Crippen LogP contribution in [-0.2, 0) is 16.2 Å². The van der Waals surface area contributed by atoms with Crippen LogP contribution in [0.5, 0.6) is 5.75 Å². The largest absolute Gasteiger partial charge is 0.489 e. The third-order valence-corrected chi connectivity index (χ3v) is 4.89. The van der Waals surface area contributed by atoms with E-state index in [1.54, 1.807) is 6.92 Å². The summed E-state index contributed by atoms with van der Waals surface area (Å²) in [6.07, 6.45) is 0. The molecule has 33 heavy (non-hydrogen) atoms.